The van der Waals surface area contributed by atoms with Gasteiger partial charge >= 0.3 is 12.0 Å². The third-order valence-electron chi connectivity index (χ3n) is 4.46. The van der Waals surface area contributed by atoms with Crippen LogP contribution < -0.4 is 10.2 Å². The van der Waals surface area contributed by atoms with E-state index in [0.717, 1.165) is 35.6 Å². The number of hydrogen-bond acceptors (Lipinski definition) is 6. The number of halogens is 2. The van der Waals surface area contributed by atoms with Crippen LogP contribution in [0.2, 0.25) is 0 Å². The van der Waals surface area contributed by atoms with E-state index in [1.807, 2.05) is 0 Å². The topological polar surface area (TPSA) is 71.5 Å². The number of nitrogens with one attached hydrogen (secondary N) is 1. The second kappa shape index (κ2) is 10.0. The minimum absolute atomic E-state index is 0.159. The van der Waals surface area contributed by atoms with Crippen LogP contribution in [0.25, 0.3) is 0 Å². The molecule has 6 nitrogen and oxygen atoms in total. The second-order valence-corrected chi connectivity index (χ2v) is 8.82. The molecule has 0 atom stereocenters. The lowest BCUT2D eigenvalue weighted by Gasteiger charge is -2.32. The average Bonchev–Trinajstić information content (AvgIpc) is 3.09. The first-order chi connectivity index (χ1) is 14.0. The van der Waals surface area contributed by atoms with Crippen molar-refractivity contribution in [1.29, 1.82) is 0 Å². The molecule has 1 aromatic heterocycles. The van der Waals surface area contributed by atoms with Crippen molar-refractivity contribution in [3.8, 4) is 0 Å². The number of anilines is 2. The van der Waals surface area contributed by atoms with Crippen molar-refractivity contribution < 1.29 is 23.1 Å². The predicted octanol–water partition coefficient (Wildman–Crippen LogP) is 4.92. The van der Waals surface area contributed by atoms with Crippen molar-refractivity contribution >= 4 is 45.9 Å². The Bertz CT molecular complexity index is 874. The number of hydrogen-bond donors (Lipinski definition) is 1. The standard InChI is InChI=1S/C19H21F2N3O3S2/c1-2-27-16(25)11-28-17-9-22-18(29-17)23-19(26)24(10-12-4-3-5-12)13-6-7-14(20)15(21)8-13/h6-9,12H,2-5,10-11H2,1H3,(H,22,23,26). The van der Waals surface area contributed by atoms with Gasteiger partial charge in [-0.1, -0.05) is 17.8 Å². The number of aromatic nitrogens is 1. The SMILES string of the molecule is CCOC(=O)CSc1cnc(NC(=O)N(CC2CCC2)c2ccc(F)c(F)c2)s1. The molecule has 1 fully saturated rings. The molecule has 156 valence electrons. The molecular formula is C19H21F2N3O3S2. The highest BCUT2D eigenvalue weighted by Crippen LogP contribution is 2.31. The van der Waals surface area contributed by atoms with Crippen LogP contribution in [0.3, 0.4) is 0 Å². The van der Waals surface area contributed by atoms with E-state index >= 15 is 0 Å². The zero-order valence-corrected chi connectivity index (χ0v) is 17.5. The summed E-state index contributed by atoms with van der Waals surface area (Å²) in [5.41, 5.74) is 0.293. The third kappa shape index (κ3) is 5.89. The van der Waals surface area contributed by atoms with Crippen LogP contribution in [0.5, 0.6) is 0 Å². The number of thioether (sulfide) groups is 1. The summed E-state index contributed by atoms with van der Waals surface area (Å²) in [5.74, 6) is -1.78. The highest BCUT2D eigenvalue weighted by molar-refractivity contribution is 8.01. The minimum Gasteiger partial charge on any atom is -0.465 e. The zero-order chi connectivity index (χ0) is 20.8. The number of benzene rings is 1. The van der Waals surface area contributed by atoms with Crippen molar-refractivity contribution in [1.82, 2.24) is 4.98 Å². The first kappa shape index (κ1) is 21.5. The van der Waals surface area contributed by atoms with Gasteiger partial charge in [-0.3, -0.25) is 15.0 Å². The Kier molecular flexibility index (Phi) is 7.43. The van der Waals surface area contributed by atoms with Gasteiger partial charge in [-0.25, -0.2) is 18.6 Å². The number of nitrogens with zero attached hydrogens (tertiary/aromatic N) is 2. The van der Waals surface area contributed by atoms with E-state index < -0.39 is 17.7 Å². The summed E-state index contributed by atoms with van der Waals surface area (Å²) in [7, 11) is 0. The summed E-state index contributed by atoms with van der Waals surface area (Å²) in [6, 6.07) is 2.97. The number of carbonyl (C=O) groups excluding carboxylic acids is 2. The van der Waals surface area contributed by atoms with Crippen molar-refractivity contribution in [3.63, 3.8) is 0 Å². The Labute approximate surface area is 175 Å². The Hall–Kier alpha value is -2.20. The quantitative estimate of drug-likeness (QED) is 0.465. The van der Waals surface area contributed by atoms with Gasteiger partial charge in [-0.2, -0.15) is 0 Å². The van der Waals surface area contributed by atoms with Gasteiger partial charge in [0.25, 0.3) is 0 Å². The highest BCUT2D eigenvalue weighted by atomic mass is 32.2. The van der Waals surface area contributed by atoms with Gasteiger partial charge in [0.05, 0.1) is 22.8 Å². The Morgan fingerprint density at radius 2 is 2.14 bits per heavy atom. The minimum atomic E-state index is -0.999. The zero-order valence-electron chi connectivity index (χ0n) is 15.8. The first-order valence-electron chi connectivity index (χ1n) is 9.24. The number of amides is 2. The fraction of sp³-hybridized carbons (Fsp3) is 0.421. The average molecular weight is 442 g/mol. The van der Waals surface area contributed by atoms with Gasteiger partial charge in [0.1, 0.15) is 0 Å². The fourth-order valence-electron chi connectivity index (χ4n) is 2.77. The smallest absolute Gasteiger partial charge is 0.328 e. The van der Waals surface area contributed by atoms with E-state index in [9.17, 15) is 18.4 Å². The van der Waals surface area contributed by atoms with E-state index in [1.165, 1.54) is 34.1 Å². The number of ether oxygens (including phenoxy) is 1. The molecule has 0 aliphatic heterocycles. The summed E-state index contributed by atoms with van der Waals surface area (Å²) in [4.78, 5) is 29.8. The van der Waals surface area contributed by atoms with Crippen LogP contribution in [0.15, 0.2) is 28.6 Å². The molecule has 0 spiro atoms. The maximum atomic E-state index is 13.7. The molecule has 1 aliphatic rings. The van der Waals surface area contributed by atoms with Crippen LogP contribution >= 0.6 is 23.1 Å². The number of thiazole rings is 1. The van der Waals surface area contributed by atoms with E-state index in [4.69, 9.17) is 4.74 Å². The van der Waals surface area contributed by atoms with Crippen LogP contribution in [0.1, 0.15) is 26.2 Å². The Balaban J connectivity index is 1.66. The molecule has 0 saturated heterocycles. The van der Waals surface area contributed by atoms with Gasteiger partial charge in [0.2, 0.25) is 0 Å². The van der Waals surface area contributed by atoms with Crippen LogP contribution in [-0.4, -0.2) is 35.9 Å². The number of rotatable bonds is 8. The summed E-state index contributed by atoms with van der Waals surface area (Å²) in [5, 5.41) is 3.07. The molecule has 1 aliphatic carbocycles. The number of urea groups is 1. The molecule has 0 unspecified atom stereocenters. The van der Waals surface area contributed by atoms with Crippen molar-refractivity contribution in [3.05, 3.63) is 36.0 Å². The lowest BCUT2D eigenvalue weighted by molar-refractivity contribution is -0.139. The molecular weight excluding hydrogens is 420 g/mol. The normalized spacial score (nSPS) is 13.6. The predicted molar refractivity (Wildman–Crippen MR) is 110 cm³/mol. The molecule has 10 heteroatoms. The van der Waals surface area contributed by atoms with Gasteiger partial charge in [-0.05, 0) is 37.8 Å². The Morgan fingerprint density at radius 3 is 2.79 bits per heavy atom. The molecule has 3 rings (SSSR count). The number of carbonyl (C=O) groups is 2. The monoisotopic (exact) mass is 441 g/mol. The van der Waals surface area contributed by atoms with E-state index in [2.05, 4.69) is 10.3 Å². The lowest BCUT2D eigenvalue weighted by atomic mass is 9.85. The third-order valence-corrected chi connectivity index (χ3v) is 6.54. The van der Waals surface area contributed by atoms with Crippen LogP contribution in [0, 0.1) is 17.6 Å². The summed E-state index contributed by atoms with van der Waals surface area (Å²) in [6.07, 6.45) is 4.67. The first-order valence-corrected chi connectivity index (χ1v) is 11.0. The summed E-state index contributed by atoms with van der Waals surface area (Å²) < 4.78 is 32.6. The molecule has 2 aromatic rings. The molecule has 1 N–H and O–H groups in total. The molecule has 29 heavy (non-hydrogen) atoms. The van der Waals surface area contributed by atoms with Gasteiger partial charge in [0, 0.05) is 18.3 Å². The van der Waals surface area contributed by atoms with E-state index in [-0.39, 0.29) is 11.7 Å². The number of esters is 1. The van der Waals surface area contributed by atoms with Gasteiger partial charge < -0.3 is 4.74 Å². The molecule has 0 radical (unpaired) electrons. The highest BCUT2D eigenvalue weighted by Gasteiger charge is 2.26. The van der Waals surface area contributed by atoms with Crippen molar-refractivity contribution in [2.45, 2.75) is 30.4 Å². The van der Waals surface area contributed by atoms with E-state index in [0.29, 0.717) is 29.9 Å². The van der Waals surface area contributed by atoms with Crippen LogP contribution in [0.4, 0.5) is 24.4 Å². The van der Waals surface area contributed by atoms with E-state index in [1.54, 1.807) is 13.1 Å². The largest absolute Gasteiger partial charge is 0.465 e. The van der Waals surface area contributed by atoms with Crippen molar-refractivity contribution in [2.75, 3.05) is 29.1 Å². The molecule has 1 saturated carbocycles. The lowest BCUT2D eigenvalue weighted by Crippen LogP contribution is -2.40. The van der Waals surface area contributed by atoms with Crippen molar-refractivity contribution in [2.24, 2.45) is 5.92 Å². The fourth-order valence-corrected chi connectivity index (χ4v) is 4.43. The Morgan fingerprint density at radius 1 is 1.34 bits per heavy atom. The van der Waals surface area contributed by atoms with Crippen LogP contribution in [-0.2, 0) is 9.53 Å². The second-order valence-electron chi connectivity index (χ2n) is 6.51. The molecule has 0 bridgehead atoms. The maximum Gasteiger partial charge on any atom is 0.328 e. The molecule has 1 aromatic carbocycles. The molecule has 1 heterocycles. The summed E-state index contributed by atoms with van der Waals surface area (Å²) >= 11 is 2.50. The maximum absolute atomic E-state index is 13.7. The molecule has 2 amide bonds. The van der Waals surface area contributed by atoms with Gasteiger partial charge in [0.15, 0.2) is 16.8 Å². The van der Waals surface area contributed by atoms with Gasteiger partial charge in [-0.15, -0.1) is 11.8 Å². The summed E-state index contributed by atoms with van der Waals surface area (Å²) in [6.45, 7) is 2.49.